The van der Waals surface area contributed by atoms with Crippen LogP contribution in [0, 0.1) is 17.0 Å². The third-order valence-electron chi connectivity index (χ3n) is 3.90. The number of aliphatic hydroxyl groups excluding tert-OH is 1. The molecule has 1 aromatic carbocycles. The SMILES string of the molecule is Cc1ccc(C(=O)NCc2ccc(C(O)c3ccsc3)s2)cc1[N+](=O)[O-]. The van der Waals surface area contributed by atoms with Gasteiger partial charge in [-0.3, -0.25) is 14.9 Å². The zero-order valence-electron chi connectivity index (χ0n) is 13.8. The number of benzene rings is 1. The number of nitrogens with one attached hydrogen (secondary N) is 1. The van der Waals surface area contributed by atoms with Crippen LogP contribution < -0.4 is 5.32 Å². The first kappa shape index (κ1) is 18.2. The molecule has 1 amide bonds. The van der Waals surface area contributed by atoms with Crippen molar-refractivity contribution in [3.63, 3.8) is 0 Å². The molecular weight excluding hydrogens is 372 g/mol. The maximum Gasteiger partial charge on any atom is 0.273 e. The van der Waals surface area contributed by atoms with Gasteiger partial charge in [0.2, 0.25) is 0 Å². The molecule has 3 aromatic rings. The highest BCUT2D eigenvalue weighted by Gasteiger charge is 2.16. The number of carbonyl (C=O) groups is 1. The predicted octanol–water partition coefficient (Wildman–Crippen LogP) is 4.04. The van der Waals surface area contributed by atoms with Gasteiger partial charge in [0.15, 0.2) is 0 Å². The fourth-order valence-electron chi connectivity index (χ4n) is 2.45. The van der Waals surface area contributed by atoms with Gasteiger partial charge in [-0.2, -0.15) is 11.3 Å². The Kier molecular flexibility index (Phi) is 5.46. The Labute approximate surface area is 157 Å². The highest BCUT2D eigenvalue weighted by atomic mass is 32.1. The van der Waals surface area contributed by atoms with Crippen LogP contribution in [0.5, 0.6) is 0 Å². The molecule has 1 unspecified atom stereocenters. The predicted molar refractivity (Wildman–Crippen MR) is 102 cm³/mol. The van der Waals surface area contributed by atoms with Crippen molar-refractivity contribution < 1.29 is 14.8 Å². The fraction of sp³-hybridized carbons (Fsp3) is 0.167. The summed E-state index contributed by atoms with van der Waals surface area (Å²) in [4.78, 5) is 24.4. The van der Waals surface area contributed by atoms with Crippen molar-refractivity contribution in [2.24, 2.45) is 0 Å². The minimum absolute atomic E-state index is 0.0741. The normalized spacial score (nSPS) is 11.9. The number of hydrogen-bond acceptors (Lipinski definition) is 6. The van der Waals surface area contributed by atoms with Gasteiger partial charge in [-0.25, -0.2) is 0 Å². The monoisotopic (exact) mass is 388 g/mol. The second kappa shape index (κ2) is 7.77. The Morgan fingerprint density at radius 1 is 1.31 bits per heavy atom. The van der Waals surface area contributed by atoms with E-state index in [9.17, 15) is 20.0 Å². The standard InChI is InChI=1S/C18H16N2O4S2/c1-11-2-3-12(8-15(11)20(23)24)18(22)19-9-14-4-5-16(26-14)17(21)13-6-7-25-10-13/h2-8,10,17,21H,9H2,1H3,(H,19,22). The van der Waals surface area contributed by atoms with E-state index in [0.29, 0.717) is 12.1 Å². The van der Waals surface area contributed by atoms with Crippen molar-refractivity contribution in [3.8, 4) is 0 Å². The van der Waals surface area contributed by atoms with Gasteiger partial charge < -0.3 is 10.4 Å². The second-order valence-corrected chi connectivity index (χ2v) is 7.68. The lowest BCUT2D eigenvalue weighted by molar-refractivity contribution is -0.385. The molecule has 0 fully saturated rings. The molecule has 0 aliphatic heterocycles. The van der Waals surface area contributed by atoms with Crippen LogP contribution in [0.4, 0.5) is 5.69 Å². The fourth-order valence-corrected chi connectivity index (χ4v) is 4.09. The molecule has 0 aliphatic rings. The number of hydrogen-bond donors (Lipinski definition) is 2. The van der Waals surface area contributed by atoms with Gasteiger partial charge in [0.05, 0.1) is 11.5 Å². The quantitative estimate of drug-likeness (QED) is 0.492. The topological polar surface area (TPSA) is 92.5 Å². The van der Waals surface area contributed by atoms with E-state index in [1.54, 1.807) is 19.1 Å². The molecule has 0 radical (unpaired) electrons. The summed E-state index contributed by atoms with van der Waals surface area (Å²) in [6.45, 7) is 1.92. The van der Waals surface area contributed by atoms with E-state index in [2.05, 4.69) is 5.32 Å². The summed E-state index contributed by atoms with van der Waals surface area (Å²) >= 11 is 2.94. The maximum absolute atomic E-state index is 12.3. The van der Waals surface area contributed by atoms with Gasteiger partial charge in [-0.1, -0.05) is 6.07 Å². The number of nitro benzene ring substituents is 1. The molecule has 0 saturated carbocycles. The first-order chi connectivity index (χ1) is 12.5. The van der Waals surface area contributed by atoms with E-state index in [0.717, 1.165) is 15.3 Å². The molecule has 0 saturated heterocycles. The summed E-state index contributed by atoms with van der Waals surface area (Å²) in [5, 5.41) is 27.9. The lowest BCUT2D eigenvalue weighted by Gasteiger charge is -2.06. The van der Waals surface area contributed by atoms with Crippen molar-refractivity contribution in [2.75, 3.05) is 0 Å². The molecule has 3 rings (SSSR count). The van der Waals surface area contributed by atoms with E-state index in [1.165, 1.54) is 28.7 Å². The molecule has 1 atom stereocenters. The van der Waals surface area contributed by atoms with Crippen LogP contribution in [0.15, 0.2) is 47.2 Å². The van der Waals surface area contributed by atoms with E-state index < -0.39 is 11.0 Å². The molecule has 2 N–H and O–H groups in total. The van der Waals surface area contributed by atoms with Gasteiger partial charge in [0.25, 0.3) is 11.6 Å². The third kappa shape index (κ3) is 3.98. The summed E-state index contributed by atoms with van der Waals surface area (Å²) in [6.07, 6.45) is -0.671. The summed E-state index contributed by atoms with van der Waals surface area (Å²) in [5.74, 6) is -0.374. The first-order valence-corrected chi connectivity index (χ1v) is 9.53. The van der Waals surface area contributed by atoms with Crippen molar-refractivity contribution in [3.05, 3.63) is 83.7 Å². The molecule has 8 heteroatoms. The number of aryl methyl sites for hydroxylation is 1. The maximum atomic E-state index is 12.3. The average Bonchev–Trinajstić information content (AvgIpc) is 3.31. The second-order valence-electron chi connectivity index (χ2n) is 5.70. The highest BCUT2D eigenvalue weighted by molar-refractivity contribution is 7.12. The summed E-state index contributed by atoms with van der Waals surface area (Å²) < 4.78 is 0. The van der Waals surface area contributed by atoms with E-state index in [1.807, 2.05) is 29.0 Å². The van der Waals surface area contributed by atoms with Crippen LogP contribution in [-0.4, -0.2) is 15.9 Å². The molecule has 26 heavy (non-hydrogen) atoms. The molecule has 2 aromatic heterocycles. The molecule has 0 aliphatic carbocycles. The smallest absolute Gasteiger partial charge is 0.273 e. The Balaban J connectivity index is 1.65. The zero-order chi connectivity index (χ0) is 18.7. The molecule has 0 bridgehead atoms. The molecule has 0 spiro atoms. The number of carbonyl (C=O) groups excluding carboxylic acids is 1. The van der Waals surface area contributed by atoms with Gasteiger partial charge in [0.1, 0.15) is 6.10 Å². The van der Waals surface area contributed by atoms with E-state index >= 15 is 0 Å². The van der Waals surface area contributed by atoms with Gasteiger partial charge in [-0.15, -0.1) is 11.3 Å². The minimum atomic E-state index is -0.671. The number of nitro groups is 1. The van der Waals surface area contributed by atoms with Crippen LogP contribution in [0.3, 0.4) is 0 Å². The lowest BCUT2D eigenvalue weighted by atomic mass is 10.1. The number of amides is 1. The molecule has 2 heterocycles. The summed E-state index contributed by atoms with van der Waals surface area (Å²) in [7, 11) is 0. The van der Waals surface area contributed by atoms with Crippen LogP contribution in [0.25, 0.3) is 0 Å². The minimum Gasteiger partial charge on any atom is -0.383 e. The number of aliphatic hydroxyl groups is 1. The molecule has 6 nitrogen and oxygen atoms in total. The van der Waals surface area contributed by atoms with Crippen molar-refractivity contribution in [1.29, 1.82) is 0 Å². The van der Waals surface area contributed by atoms with E-state index in [4.69, 9.17) is 0 Å². The summed E-state index contributed by atoms with van der Waals surface area (Å²) in [5.41, 5.74) is 1.53. The van der Waals surface area contributed by atoms with Crippen LogP contribution in [0.2, 0.25) is 0 Å². The van der Waals surface area contributed by atoms with Gasteiger partial charge in [0, 0.05) is 26.9 Å². The van der Waals surface area contributed by atoms with Crippen molar-refractivity contribution >= 4 is 34.3 Å². The molecular formula is C18H16N2O4S2. The number of rotatable bonds is 6. The van der Waals surface area contributed by atoms with Gasteiger partial charge in [-0.05, 0) is 47.5 Å². The van der Waals surface area contributed by atoms with E-state index in [-0.39, 0.29) is 17.2 Å². The first-order valence-electron chi connectivity index (χ1n) is 7.77. The Morgan fingerprint density at radius 3 is 2.81 bits per heavy atom. The zero-order valence-corrected chi connectivity index (χ0v) is 15.5. The van der Waals surface area contributed by atoms with Crippen molar-refractivity contribution in [1.82, 2.24) is 5.32 Å². The van der Waals surface area contributed by atoms with Gasteiger partial charge >= 0.3 is 0 Å². The number of nitrogens with zero attached hydrogens (tertiary/aromatic N) is 1. The molecule has 134 valence electrons. The largest absolute Gasteiger partial charge is 0.383 e. The third-order valence-corrected chi connectivity index (χ3v) is 5.74. The summed E-state index contributed by atoms with van der Waals surface area (Å²) in [6, 6.07) is 9.98. The van der Waals surface area contributed by atoms with Crippen molar-refractivity contribution in [2.45, 2.75) is 19.6 Å². The Hall–Kier alpha value is -2.55. The highest BCUT2D eigenvalue weighted by Crippen LogP contribution is 2.29. The lowest BCUT2D eigenvalue weighted by Crippen LogP contribution is -2.22. The van der Waals surface area contributed by atoms with Crippen LogP contribution in [0.1, 0.15) is 37.3 Å². The van der Waals surface area contributed by atoms with Crippen LogP contribution in [-0.2, 0) is 6.54 Å². The van der Waals surface area contributed by atoms with Crippen LogP contribution >= 0.6 is 22.7 Å². The average molecular weight is 388 g/mol. The Bertz CT molecular complexity index is 935. The Morgan fingerprint density at radius 2 is 2.12 bits per heavy atom. The number of thiophene rings is 2.